The van der Waals surface area contributed by atoms with E-state index in [0.717, 1.165) is 48.4 Å². The summed E-state index contributed by atoms with van der Waals surface area (Å²) in [6.45, 7) is 4.91. The van der Waals surface area contributed by atoms with E-state index in [0.29, 0.717) is 0 Å². The molecule has 1 aliphatic rings. The van der Waals surface area contributed by atoms with Crippen molar-refractivity contribution in [1.82, 2.24) is 14.9 Å². The van der Waals surface area contributed by atoms with Gasteiger partial charge in [-0.25, -0.2) is 9.97 Å². The van der Waals surface area contributed by atoms with Gasteiger partial charge < -0.3 is 4.90 Å². The number of thiophene rings is 1. The van der Waals surface area contributed by atoms with Gasteiger partial charge in [0.1, 0.15) is 17.0 Å². The molecule has 0 radical (unpaired) electrons. The fourth-order valence-corrected chi connectivity index (χ4v) is 4.93. The van der Waals surface area contributed by atoms with Crippen LogP contribution in [0.1, 0.15) is 5.56 Å². The molecule has 3 heterocycles. The van der Waals surface area contributed by atoms with E-state index < -0.39 is 0 Å². The molecule has 0 atom stereocenters. The normalized spacial score (nSPS) is 15.1. The third-order valence-electron chi connectivity index (χ3n) is 5.43. The largest absolute Gasteiger partial charge is 0.353 e. The smallest absolute Gasteiger partial charge is 0.141 e. The van der Waals surface area contributed by atoms with Gasteiger partial charge in [0.05, 0.1) is 5.39 Å². The monoisotopic (exact) mass is 420 g/mol. The summed E-state index contributed by atoms with van der Waals surface area (Å²) in [5.41, 5.74) is 3.75. The van der Waals surface area contributed by atoms with Crippen molar-refractivity contribution in [3.8, 4) is 11.1 Å². The molecule has 0 saturated carbocycles. The van der Waals surface area contributed by atoms with Gasteiger partial charge in [0.25, 0.3) is 0 Å². The van der Waals surface area contributed by atoms with Crippen LogP contribution in [0, 0.1) is 0 Å². The Morgan fingerprint density at radius 2 is 1.66 bits per heavy atom. The number of piperazine rings is 1. The summed E-state index contributed by atoms with van der Waals surface area (Å²) in [4.78, 5) is 15.2. The summed E-state index contributed by atoms with van der Waals surface area (Å²) in [5, 5.41) is 4.17. The summed E-state index contributed by atoms with van der Waals surface area (Å²) in [6.07, 6.45) is 1.70. The number of fused-ring (bicyclic) bond motifs is 1. The van der Waals surface area contributed by atoms with Crippen LogP contribution in [0.15, 0.2) is 66.3 Å². The van der Waals surface area contributed by atoms with Crippen molar-refractivity contribution < 1.29 is 0 Å². The number of hydrogen-bond donors (Lipinski definition) is 0. The van der Waals surface area contributed by atoms with Crippen LogP contribution < -0.4 is 4.90 Å². The van der Waals surface area contributed by atoms with Gasteiger partial charge in [0, 0.05) is 48.7 Å². The molecule has 29 heavy (non-hydrogen) atoms. The zero-order chi connectivity index (χ0) is 19.6. The van der Waals surface area contributed by atoms with Gasteiger partial charge in [-0.05, 0) is 23.3 Å². The lowest BCUT2D eigenvalue weighted by Gasteiger charge is -2.35. The average molecular weight is 421 g/mol. The molecule has 0 spiro atoms. The van der Waals surface area contributed by atoms with Gasteiger partial charge in [-0.15, -0.1) is 11.3 Å². The summed E-state index contributed by atoms with van der Waals surface area (Å²) < 4.78 is 0. The summed E-state index contributed by atoms with van der Waals surface area (Å²) in [5.74, 6) is 1.06. The number of aromatic nitrogens is 2. The van der Waals surface area contributed by atoms with E-state index in [1.54, 1.807) is 17.7 Å². The zero-order valence-electron chi connectivity index (χ0n) is 16.0. The standard InChI is InChI=1S/C23H21ClN4S/c24-19-8-6-17(7-9-19)14-27-10-12-28(13-11-27)22-21-20(18-4-2-1-3-5-18)15-29-23(21)26-16-25-22/h1-9,15-16H,10-14H2. The second kappa shape index (κ2) is 8.11. The molecule has 0 amide bonds. The van der Waals surface area contributed by atoms with E-state index in [-0.39, 0.29) is 0 Å². The van der Waals surface area contributed by atoms with Gasteiger partial charge in [0.15, 0.2) is 0 Å². The Morgan fingerprint density at radius 1 is 0.897 bits per heavy atom. The Hall–Kier alpha value is -2.47. The molecule has 2 aromatic heterocycles. The highest BCUT2D eigenvalue weighted by molar-refractivity contribution is 7.17. The van der Waals surface area contributed by atoms with Gasteiger partial charge in [-0.2, -0.15) is 0 Å². The van der Waals surface area contributed by atoms with Crippen LogP contribution in [0.2, 0.25) is 5.02 Å². The average Bonchev–Trinajstić information content (AvgIpc) is 3.21. The van der Waals surface area contributed by atoms with Crippen LogP contribution in [0.25, 0.3) is 21.3 Å². The lowest BCUT2D eigenvalue weighted by molar-refractivity contribution is 0.249. The van der Waals surface area contributed by atoms with Crippen LogP contribution in [-0.2, 0) is 6.54 Å². The highest BCUT2D eigenvalue weighted by Crippen LogP contribution is 2.38. The van der Waals surface area contributed by atoms with Crippen LogP contribution >= 0.6 is 22.9 Å². The number of benzene rings is 2. The predicted molar refractivity (Wildman–Crippen MR) is 122 cm³/mol. The summed E-state index contributed by atoms with van der Waals surface area (Å²) >= 11 is 7.70. The van der Waals surface area contributed by atoms with Gasteiger partial charge in [-0.3, -0.25) is 4.90 Å². The maximum atomic E-state index is 6.01. The van der Waals surface area contributed by atoms with Crippen LogP contribution in [0.4, 0.5) is 5.82 Å². The van der Waals surface area contributed by atoms with Gasteiger partial charge in [-0.1, -0.05) is 54.1 Å². The quantitative estimate of drug-likeness (QED) is 0.446. The van der Waals surface area contributed by atoms with Crippen molar-refractivity contribution in [2.24, 2.45) is 0 Å². The van der Waals surface area contributed by atoms with E-state index in [9.17, 15) is 0 Å². The fourth-order valence-electron chi connectivity index (χ4n) is 3.90. The minimum atomic E-state index is 0.788. The number of nitrogens with zero attached hydrogens (tertiary/aromatic N) is 4. The Balaban J connectivity index is 1.37. The lowest BCUT2D eigenvalue weighted by atomic mass is 10.1. The van der Waals surface area contributed by atoms with Crippen molar-refractivity contribution in [2.45, 2.75) is 6.54 Å². The van der Waals surface area contributed by atoms with E-state index in [2.05, 4.69) is 62.6 Å². The molecule has 146 valence electrons. The second-order valence-corrected chi connectivity index (χ2v) is 8.58. The first-order valence-electron chi connectivity index (χ1n) is 9.77. The number of rotatable bonds is 4. The Bertz CT molecular complexity index is 1100. The van der Waals surface area contributed by atoms with Crippen molar-refractivity contribution >= 4 is 39.0 Å². The molecule has 0 bridgehead atoms. The molecule has 0 aliphatic carbocycles. The first-order valence-corrected chi connectivity index (χ1v) is 11.0. The lowest BCUT2D eigenvalue weighted by Crippen LogP contribution is -2.46. The highest BCUT2D eigenvalue weighted by Gasteiger charge is 2.22. The molecule has 0 unspecified atom stereocenters. The predicted octanol–water partition coefficient (Wildman–Crippen LogP) is 5.33. The van der Waals surface area contributed by atoms with Crippen LogP contribution in [0.3, 0.4) is 0 Å². The van der Waals surface area contributed by atoms with E-state index >= 15 is 0 Å². The van der Waals surface area contributed by atoms with E-state index in [1.807, 2.05) is 12.1 Å². The molecule has 0 N–H and O–H groups in total. The number of halogens is 1. The van der Waals surface area contributed by atoms with Crippen LogP contribution in [-0.4, -0.2) is 41.0 Å². The van der Waals surface area contributed by atoms with E-state index in [4.69, 9.17) is 16.6 Å². The second-order valence-electron chi connectivity index (χ2n) is 7.28. The minimum Gasteiger partial charge on any atom is -0.353 e. The van der Waals surface area contributed by atoms with Gasteiger partial charge >= 0.3 is 0 Å². The minimum absolute atomic E-state index is 0.788. The van der Waals surface area contributed by atoms with Crippen molar-refractivity contribution in [3.63, 3.8) is 0 Å². The molecule has 1 saturated heterocycles. The number of anilines is 1. The Morgan fingerprint density at radius 3 is 2.41 bits per heavy atom. The molecule has 4 nitrogen and oxygen atoms in total. The molecule has 2 aromatic carbocycles. The zero-order valence-corrected chi connectivity index (χ0v) is 17.5. The molecule has 1 aliphatic heterocycles. The highest BCUT2D eigenvalue weighted by atomic mass is 35.5. The Kier molecular flexibility index (Phi) is 5.19. The third kappa shape index (κ3) is 3.86. The summed E-state index contributed by atoms with van der Waals surface area (Å²) in [6, 6.07) is 18.7. The Labute approximate surface area is 179 Å². The fraction of sp³-hybridized carbons (Fsp3) is 0.217. The maximum absolute atomic E-state index is 6.01. The first-order chi connectivity index (χ1) is 14.3. The summed E-state index contributed by atoms with van der Waals surface area (Å²) in [7, 11) is 0. The third-order valence-corrected chi connectivity index (χ3v) is 6.56. The SMILES string of the molecule is Clc1ccc(CN2CCN(c3ncnc4scc(-c5ccccc5)c34)CC2)cc1. The topological polar surface area (TPSA) is 32.3 Å². The molecule has 1 fully saturated rings. The molecule has 5 rings (SSSR count). The first kappa shape index (κ1) is 18.6. The van der Waals surface area contributed by atoms with Crippen molar-refractivity contribution in [1.29, 1.82) is 0 Å². The van der Waals surface area contributed by atoms with Crippen molar-refractivity contribution in [2.75, 3.05) is 31.1 Å². The molecule has 6 heteroatoms. The van der Waals surface area contributed by atoms with Gasteiger partial charge in [0.2, 0.25) is 0 Å². The maximum Gasteiger partial charge on any atom is 0.141 e. The van der Waals surface area contributed by atoms with Crippen molar-refractivity contribution in [3.05, 3.63) is 76.9 Å². The molecule has 4 aromatic rings. The molecular formula is C23H21ClN4S. The number of hydrogen-bond acceptors (Lipinski definition) is 5. The van der Waals surface area contributed by atoms with E-state index in [1.165, 1.54) is 22.1 Å². The molecular weight excluding hydrogens is 400 g/mol. The van der Waals surface area contributed by atoms with Crippen LogP contribution in [0.5, 0.6) is 0 Å².